The fraction of sp³-hybridized carbons (Fsp3) is 0.435. The SMILES string of the molecule is CCOC(=O)c1ccc([C@H]2CC2c2ccc3c(c2)C2CCC3C2)cc1. The number of esters is 1. The molecule has 0 radical (unpaired) electrons. The third kappa shape index (κ3) is 2.50. The number of carbonyl (C=O) groups is 1. The Balaban J connectivity index is 1.33. The number of hydrogen-bond acceptors (Lipinski definition) is 2. The monoisotopic (exact) mass is 332 g/mol. The first kappa shape index (κ1) is 15.2. The summed E-state index contributed by atoms with van der Waals surface area (Å²) in [4.78, 5) is 11.8. The van der Waals surface area contributed by atoms with Crippen molar-refractivity contribution in [1.82, 2.24) is 0 Å². The van der Waals surface area contributed by atoms with Crippen LogP contribution in [0.3, 0.4) is 0 Å². The van der Waals surface area contributed by atoms with Crippen molar-refractivity contribution < 1.29 is 9.53 Å². The number of rotatable bonds is 4. The largest absolute Gasteiger partial charge is 0.462 e. The molecule has 5 rings (SSSR count). The van der Waals surface area contributed by atoms with E-state index in [0.717, 1.165) is 11.8 Å². The lowest BCUT2D eigenvalue weighted by Gasteiger charge is -2.16. The second-order valence-corrected chi connectivity index (χ2v) is 7.89. The molecule has 128 valence electrons. The van der Waals surface area contributed by atoms with Gasteiger partial charge in [0.05, 0.1) is 12.2 Å². The first-order valence-electron chi connectivity index (χ1n) is 9.65. The molecule has 2 heteroatoms. The summed E-state index contributed by atoms with van der Waals surface area (Å²) in [5.74, 6) is 2.71. The van der Waals surface area contributed by atoms with E-state index >= 15 is 0 Å². The molecule has 3 aliphatic carbocycles. The average molecular weight is 332 g/mol. The lowest BCUT2D eigenvalue weighted by Crippen LogP contribution is -2.04. The zero-order valence-corrected chi connectivity index (χ0v) is 14.7. The van der Waals surface area contributed by atoms with Crippen LogP contribution in [0.2, 0.25) is 0 Å². The number of benzene rings is 2. The maximum atomic E-state index is 11.8. The molecule has 0 spiro atoms. The Bertz CT molecular complexity index is 820. The predicted molar refractivity (Wildman–Crippen MR) is 98.3 cm³/mol. The minimum atomic E-state index is -0.227. The summed E-state index contributed by atoms with van der Waals surface area (Å²) in [5.41, 5.74) is 6.80. The van der Waals surface area contributed by atoms with Crippen molar-refractivity contribution in [2.45, 2.75) is 56.3 Å². The van der Waals surface area contributed by atoms with E-state index in [1.165, 1.54) is 36.8 Å². The second-order valence-electron chi connectivity index (χ2n) is 7.89. The van der Waals surface area contributed by atoms with Crippen LogP contribution in [0.15, 0.2) is 42.5 Å². The molecule has 0 aliphatic heterocycles. The van der Waals surface area contributed by atoms with Crippen LogP contribution in [0, 0.1) is 0 Å². The zero-order valence-electron chi connectivity index (χ0n) is 14.7. The summed E-state index contributed by atoms with van der Waals surface area (Å²) >= 11 is 0. The third-order valence-electron chi connectivity index (χ3n) is 6.49. The third-order valence-corrected chi connectivity index (χ3v) is 6.49. The average Bonchev–Trinajstić information content (AvgIpc) is 3.18. The van der Waals surface area contributed by atoms with Crippen molar-refractivity contribution in [3.63, 3.8) is 0 Å². The first-order valence-corrected chi connectivity index (χ1v) is 9.65. The highest BCUT2D eigenvalue weighted by Crippen LogP contribution is 2.58. The van der Waals surface area contributed by atoms with Gasteiger partial charge in [-0.05, 0) is 90.7 Å². The molecule has 0 heterocycles. The number of hydrogen-bond donors (Lipinski definition) is 0. The molecule has 25 heavy (non-hydrogen) atoms. The van der Waals surface area contributed by atoms with E-state index in [0.29, 0.717) is 24.0 Å². The molecule has 2 aromatic carbocycles. The minimum Gasteiger partial charge on any atom is -0.462 e. The maximum absolute atomic E-state index is 11.8. The Hall–Kier alpha value is -2.09. The summed E-state index contributed by atoms with van der Waals surface area (Å²) in [6, 6.07) is 15.3. The van der Waals surface area contributed by atoms with Gasteiger partial charge in [-0.15, -0.1) is 0 Å². The van der Waals surface area contributed by atoms with Crippen LogP contribution in [-0.4, -0.2) is 12.6 Å². The molecular formula is C23H24O2. The Kier molecular flexibility index (Phi) is 3.48. The summed E-state index contributed by atoms with van der Waals surface area (Å²) in [6.45, 7) is 2.26. The van der Waals surface area contributed by atoms with Crippen LogP contribution in [0.25, 0.3) is 0 Å². The summed E-state index contributed by atoms with van der Waals surface area (Å²) < 4.78 is 5.06. The number of fused-ring (bicyclic) bond motifs is 5. The van der Waals surface area contributed by atoms with Crippen molar-refractivity contribution in [3.8, 4) is 0 Å². The van der Waals surface area contributed by atoms with E-state index in [-0.39, 0.29) is 5.97 Å². The van der Waals surface area contributed by atoms with Gasteiger partial charge in [0, 0.05) is 0 Å². The predicted octanol–water partition coefficient (Wildman–Crippen LogP) is 5.50. The molecule has 4 atom stereocenters. The minimum absolute atomic E-state index is 0.227. The van der Waals surface area contributed by atoms with Crippen molar-refractivity contribution >= 4 is 5.97 Å². The highest BCUT2D eigenvalue weighted by Gasteiger charge is 2.42. The van der Waals surface area contributed by atoms with Crippen molar-refractivity contribution in [2.24, 2.45) is 0 Å². The van der Waals surface area contributed by atoms with E-state index < -0.39 is 0 Å². The highest BCUT2D eigenvalue weighted by molar-refractivity contribution is 5.89. The smallest absolute Gasteiger partial charge is 0.338 e. The van der Waals surface area contributed by atoms with Gasteiger partial charge in [0.25, 0.3) is 0 Å². The molecule has 3 aliphatic rings. The van der Waals surface area contributed by atoms with Gasteiger partial charge in [-0.3, -0.25) is 0 Å². The molecule has 2 nitrogen and oxygen atoms in total. The summed E-state index contributed by atoms with van der Waals surface area (Å²) in [5, 5.41) is 0. The van der Waals surface area contributed by atoms with E-state index in [9.17, 15) is 4.79 Å². The molecule has 2 aromatic rings. The van der Waals surface area contributed by atoms with Crippen molar-refractivity contribution in [2.75, 3.05) is 6.61 Å². The lowest BCUT2D eigenvalue weighted by molar-refractivity contribution is 0.0526. The van der Waals surface area contributed by atoms with Gasteiger partial charge < -0.3 is 4.74 Å². The highest BCUT2D eigenvalue weighted by atomic mass is 16.5. The van der Waals surface area contributed by atoms with Crippen LogP contribution in [-0.2, 0) is 4.74 Å². The van der Waals surface area contributed by atoms with Crippen LogP contribution in [0.4, 0.5) is 0 Å². The molecule has 0 amide bonds. The summed E-state index contributed by atoms with van der Waals surface area (Å²) in [6.07, 6.45) is 5.41. The van der Waals surface area contributed by atoms with E-state index in [1.54, 1.807) is 11.1 Å². The fourth-order valence-electron chi connectivity index (χ4n) is 5.11. The van der Waals surface area contributed by atoms with Gasteiger partial charge >= 0.3 is 5.97 Å². The molecule has 2 fully saturated rings. The summed E-state index contributed by atoms with van der Waals surface area (Å²) in [7, 11) is 0. The fourth-order valence-corrected chi connectivity index (χ4v) is 5.11. The first-order chi connectivity index (χ1) is 12.2. The Morgan fingerprint density at radius 3 is 2.36 bits per heavy atom. The molecule has 0 saturated heterocycles. The topological polar surface area (TPSA) is 26.3 Å². The van der Waals surface area contributed by atoms with Crippen LogP contribution >= 0.6 is 0 Å². The maximum Gasteiger partial charge on any atom is 0.338 e. The van der Waals surface area contributed by atoms with Gasteiger partial charge in [0.1, 0.15) is 0 Å². The Morgan fingerprint density at radius 2 is 1.60 bits per heavy atom. The van der Waals surface area contributed by atoms with Crippen molar-refractivity contribution in [1.29, 1.82) is 0 Å². The van der Waals surface area contributed by atoms with Gasteiger partial charge in [0.2, 0.25) is 0 Å². The molecule has 2 bridgehead atoms. The van der Waals surface area contributed by atoms with Gasteiger partial charge in [-0.1, -0.05) is 30.3 Å². The molecular weight excluding hydrogens is 308 g/mol. The normalized spacial score (nSPS) is 28.7. The van der Waals surface area contributed by atoms with E-state index in [2.05, 4.69) is 30.3 Å². The number of ether oxygens (including phenoxy) is 1. The van der Waals surface area contributed by atoms with E-state index in [1.807, 2.05) is 19.1 Å². The van der Waals surface area contributed by atoms with Crippen LogP contribution < -0.4 is 0 Å². The second kappa shape index (κ2) is 5.72. The Morgan fingerprint density at radius 1 is 0.920 bits per heavy atom. The van der Waals surface area contributed by atoms with E-state index in [4.69, 9.17) is 4.74 Å². The van der Waals surface area contributed by atoms with Gasteiger partial charge in [-0.2, -0.15) is 0 Å². The molecule has 3 unspecified atom stereocenters. The molecule has 2 saturated carbocycles. The van der Waals surface area contributed by atoms with Crippen LogP contribution in [0.5, 0.6) is 0 Å². The zero-order chi connectivity index (χ0) is 17.0. The quantitative estimate of drug-likeness (QED) is 0.691. The standard InChI is InChI=1S/C23H24O2/c1-2-25-23(24)15-5-3-14(4-6-15)21-13-22(21)18-9-10-19-16-7-8-17(11-16)20(19)12-18/h3-6,9-10,12,16-17,21-22H,2,7-8,11,13H2,1H3/t16?,17?,21-,22?/m1/s1. The Labute approximate surface area is 149 Å². The molecule has 0 N–H and O–H groups in total. The number of carbonyl (C=O) groups excluding carboxylic acids is 1. The lowest BCUT2D eigenvalue weighted by atomic mass is 9.89. The van der Waals surface area contributed by atoms with Gasteiger partial charge in [0.15, 0.2) is 0 Å². The van der Waals surface area contributed by atoms with Crippen LogP contribution in [0.1, 0.15) is 88.9 Å². The van der Waals surface area contributed by atoms with Gasteiger partial charge in [-0.25, -0.2) is 4.79 Å². The van der Waals surface area contributed by atoms with Crippen molar-refractivity contribution in [3.05, 3.63) is 70.3 Å². The molecule has 0 aromatic heterocycles.